The van der Waals surface area contributed by atoms with Crippen LogP contribution in [0.2, 0.25) is 0 Å². The Kier molecular flexibility index (Phi) is 9.38. The predicted octanol–water partition coefficient (Wildman–Crippen LogP) is 8.78. The molecule has 13 fully saturated rings. The molecule has 6 aliphatic heterocycles. The highest BCUT2D eigenvalue weighted by Gasteiger charge is 3.06. The molecule has 0 N–H and O–H groups in total. The monoisotopic (exact) mass is 1070 g/mol. The van der Waals surface area contributed by atoms with E-state index in [1.54, 1.807) is 19.1 Å². The van der Waals surface area contributed by atoms with E-state index in [0.717, 1.165) is 70.2 Å². The third-order valence-electron chi connectivity index (χ3n) is 26.6. The molecule has 22 atom stereocenters. The Balaban J connectivity index is 0.883. The standard InChI is InChI=1S/C66H73NO12/c1-8-23-67-58(68)64-54-50-51(61(29-71-3)37-26-36(60(50,61)28-70-2)44-34-19-20-35(45(37)44)66(34)76-24-25-77-66)55(78-54)65(64,59(67)69)57-53-52(56(64)79-57)62(30-72-4)38-27-39(63(53,62)31-73-5)47-43(33-17-13-10-14-18-33)49-41(75-7)22-21-40(74-6)48(49)42(46(38)47)32-15-11-9-12-16-32/h9-18,21-22,34-39,44-45,50-57H,8,19-20,23-31H2,1-7H3/t34-,35+,36+,37-,38+,39-,44-,45+,50-,51+,52+,53-,54-,55+,56+,57-,60+,61-,62+,63-,64+,65-. The van der Waals surface area contributed by atoms with E-state index in [0.29, 0.717) is 88.1 Å². The van der Waals surface area contributed by atoms with Crippen LogP contribution in [0, 0.1) is 91.7 Å². The fourth-order valence-electron chi connectivity index (χ4n) is 26.1. The molecular weight excluding hydrogens is 999 g/mol. The minimum absolute atomic E-state index is 0.0215. The number of rotatable bonds is 14. The first-order valence-corrected chi connectivity index (χ1v) is 30.0. The van der Waals surface area contributed by atoms with Crippen molar-refractivity contribution in [1.29, 1.82) is 0 Å². The van der Waals surface area contributed by atoms with Gasteiger partial charge in [-0.15, -0.1) is 0 Å². The summed E-state index contributed by atoms with van der Waals surface area (Å²) in [5.41, 5.74) is 2.91. The fraction of sp³-hybridized carbons (Fsp3) is 0.636. The largest absolute Gasteiger partial charge is 0.496 e. The van der Waals surface area contributed by atoms with Crippen molar-refractivity contribution in [2.24, 2.45) is 91.7 Å². The van der Waals surface area contributed by atoms with E-state index in [-0.39, 0.29) is 58.2 Å². The van der Waals surface area contributed by atoms with Crippen molar-refractivity contribution in [3.8, 4) is 33.8 Å². The first-order chi connectivity index (χ1) is 38.7. The van der Waals surface area contributed by atoms with Gasteiger partial charge in [0.05, 0.1) is 78.3 Å². The van der Waals surface area contributed by atoms with Crippen LogP contribution in [0.4, 0.5) is 0 Å². The normalized spacial score (nSPS) is 47.6. The van der Waals surface area contributed by atoms with Gasteiger partial charge in [0.15, 0.2) is 5.79 Å². The van der Waals surface area contributed by atoms with Gasteiger partial charge in [-0.2, -0.15) is 0 Å². The molecule has 1 spiro atoms. The van der Waals surface area contributed by atoms with Crippen LogP contribution in [0.1, 0.15) is 62.0 Å². The quantitative estimate of drug-likeness (QED) is 0.0680. The maximum atomic E-state index is 16.7. The number of amides is 2. The number of nitrogens with zero attached hydrogens (tertiary/aromatic N) is 1. The fourth-order valence-corrected chi connectivity index (χ4v) is 26.1. The molecule has 0 aromatic heterocycles. The highest BCUT2D eigenvalue weighted by atomic mass is 16.7. The Morgan fingerprint density at radius 2 is 0.924 bits per heavy atom. The van der Waals surface area contributed by atoms with Crippen molar-refractivity contribution in [2.75, 3.05) is 88.8 Å². The van der Waals surface area contributed by atoms with Crippen LogP contribution in [-0.2, 0) is 47.5 Å². The lowest BCUT2D eigenvalue weighted by atomic mass is 9.22. The topological polar surface area (TPSA) is 130 Å². The summed E-state index contributed by atoms with van der Waals surface area (Å²) >= 11 is 0. The first kappa shape index (κ1) is 48.1. The highest BCUT2D eigenvalue weighted by molar-refractivity contribution is 6.15. The molecule has 8 aliphatic carbocycles. The summed E-state index contributed by atoms with van der Waals surface area (Å²) in [6, 6.07) is 25.8. The summed E-state index contributed by atoms with van der Waals surface area (Å²) in [5.74, 6) is 2.67. The zero-order chi connectivity index (χ0) is 53.3. The van der Waals surface area contributed by atoms with Gasteiger partial charge < -0.3 is 47.4 Å². The van der Waals surface area contributed by atoms with Gasteiger partial charge in [0, 0.05) is 103 Å². The van der Waals surface area contributed by atoms with Crippen molar-refractivity contribution < 1.29 is 57.0 Å². The molecular formula is C66H73NO12. The van der Waals surface area contributed by atoms with Gasteiger partial charge in [-0.3, -0.25) is 14.5 Å². The molecule has 414 valence electrons. The molecule has 18 rings (SSSR count). The van der Waals surface area contributed by atoms with Crippen LogP contribution in [0.5, 0.6) is 11.5 Å². The third kappa shape index (κ3) is 4.40. The number of ether oxygens (including phenoxy) is 10. The highest BCUT2D eigenvalue weighted by Crippen LogP contribution is 2.98. The van der Waals surface area contributed by atoms with E-state index in [1.165, 1.54) is 11.1 Å². The van der Waals surface area contributed by atoms with E-state index >= 15 is 9.59 Å². The van der Waals surface area contributed by atoms with Crippen molar-refractivity contribution in [2.45, 2.75) is 81.1 Å². The molecule has 13 heteroatoms. The Morgan fingerprint density at radius 1 is 0.519 bits per heavy atom. The molecule has 4 aromatic carbocycles. The summed E-state index contributed by atoms with van der Waals surface area (Å²) in [6.07, 6.45) is 2.63. The summed E-state index contributed by atoms with van der Waals surface area (Å²) in [4.78, 5) is 35.1. The van der Waals surface area contributed by atoms with E-state index in [1.807, 2.05) is 28.4 Å². The summed E-state index contributed by atoms with van der Waals surface area (Å²) in [7, 11) is 11.0. The minimum Gasteiger partial charge on any atom is -0.496 e. The SMILES string of the molecule is CCCN1C(=O)[C@@]23[C@@H]4O[C@@H]([C@@H]5[C@H]4[C@@]4(COC)[C@@H]6C[C@@H](c7c6c(-c6ccccc6)c6c(OC)ccc(OC)c6c7-c6ccccc6)[C@@]54COC)[C@]2(C1=O)[C@@H]1O[C@H]3[C@@H]2[C@H]1[C@]1(COC)[C@H]3C[C@H]([C@H]4[C@@H]3[C@H]3CC[C@@H]4C34OCCO4)[C@]21COC. The molecule has 4 aromatic rings. The molecule has 14 aliphatic rings. The van der Waals surface area contributed by atoms with Crippen LogP contribution in [-0.4, -0.2) is 136 Å². The molecule has 0 unspecified atom stereocenters. The number of hydrogen-bond donors (Lipinski definition) is 0. The van der Waals surface area contributed by atoms with Crippen LogP contribution < -0.4 is 9.47 Å². The summed E-state index contributed by atoms with van der Waals surface area (Å²) in [6.45, 7) is 5.77. The van der Waals surface area contributed by atoms with Crippen molar-refractivity contribution >= 4 is 22.6 Å². The van der Waals surface area contributed by atoms with Crippen LogP contribution in [0.25, 0.3) is 33.0 Å². The number of hydrogen-bond acceptors (Lipinski definition) is 12. The smallest absolute Gasteiger partial charge is 0.242 e. The number of methoxy groups -OCH3 is 6. The number of likely N-dealkylation sites (tertiary alicyclic amines) is 1. The molecule has 6 saturated heterocycles. The lowest BCUT2D eigenvalue weighted by molar-refractivity contribution is -0.330. The van der Waals surface area contributed by atoms with E-state index in [4.69, 9.17) is 47.4 Å². The van der Waals surface area contributed by atoms with Crippen LogP contribution in [0.3, 0.4) is 0 Å². The van der Waals surface area contributed by atoms with Crippen LogP contribution >= 0.6 is 0 Å². The van der Waals surface area contributed by atoms with Crippen molar-refractivity contribution in [3.05, 3.63) is 83.9 Å². The first-order valence-electron chi connectivity index (χ1n) is 30.0. The average molecular weight is 1070 g/mol. The van der Waals surface area contributed by atoms with Crippen LogP contribution in [0.15, 0.2) is 72.8 Å². The Morgan fingerprint density at radius 3 is 1.32 bits per heavy atom. The summed E-state index contributed by atoms with van der Waals surface area (Å²) < 4.78 is 69.2. The lowest BCUT2D eigenvalue weighted by Crippen LogP contribution is -2.85. The van der Waals surface area contributed by atoms with Gasteiger partial charge in [-0.25, -0.2) is 0 Å². The average Bonchev–Trinajstić information content (AvgIpc) is 1.45. The second-order valence-electron chi connectivity index (χ2n) is 27.1. The lowest BCUT2D eigenvalue weighted by Gasteiger charge is -2.78. The number of benzene rings is 4. The van der Waals surface area contributed by atoms with E-state index in [2.05, 4.69) is 79.7 Å². The van der Waals surface area contributed by atoms with Gasteiger partial charge >= 0.3 is 0 Å². The maximum absolute atomic E-state index is 16.7. The number of carbonyl (C=O) groups is 2. The zero-order valence-corrected chi connectivity index (χ0v) is 46.5. The second-order valence-corrected chi connectivity index (χ2v) is 27.1. The Hall–Kier alpha value is -4.44. The number of fused-ring (bicyclic) bond motifs is 33. The second kappa shape index (κ2) is 15.4. The molecule has 7 saturated carbocycles. The maximum Gasteiger partial charge on any atom is 0.242 e. The molecule has 2 amide bonds. The van der Waals surface area contributed by atoms with Gasteiger partial charge in [-0.05, 0) is 113 Å². The van der Waals surface area contributed by atoms with Gasteiger partial charge in [-0.1, -0.05) is 67.6 Å². The Bertz CT molecular complexity index is 3130. The molecule has 6 heterocycles. The predicted molar refractivity (Wildman–Crippen MR) is 288 cm³/mol. The van der Waals surface area contributed by atoms with E-state index in [9.17, 15) is 0 Å². The molecule has 10 bridgehead atoms. The molecule has 0 radical (unpaired) electrons. The molecule has 13 nitrogen and oxygen atoms in total. The van der Waals surface area contributed by atoms with Gasteiger partial charge in [0.25, 0.3) is 0 Å². The van der Waals surface area contributed by atoms with Gasteiger partial charge in [0.2, 0.25) is 11.8 Å². The summed E-state index contributed by atoms with van der Waals surface area (Å²) in [5, 5.41) is 2.04. The van der Waals surface area contributed by atoms with Crippen molar-refractivity contribution in [1.82, 2.24) is 4.90 Å². The Labute approximate surface area is 461 Å². The number of imide groups is 1. The third-order valence-corrected chi connectivity index (χ3v) is 26.6. The minimum atomic E-state index is -1.23. The zero-order valence-electron chi connectivity index (χ0n) is 46.5. The number of carbonyl (C=O) groups excluding carboxylic acids is 2. The molecule has 79 heavy (non-hydrogen) atoms. The van der Waals surface area contributed by atoms with Crippen molar-refractivity contribution in [3.63, 3.8) is 0 Å². The van der Waals surface area contributed by atoms with Gasteiger partial charge in [0.1, 0.15) is 22.3 Å². The van der Waals surface area contributed by atoms with E-state index < -0.39 is 51.9 Å².